The zero-order valence-electron chi connectivity index (χ0n) is 22.3. The number of aliphatic hydroxyl groups excluding tert-OH is 2. The van der Waals surface area contributed by atoms with Crippen LogP contribution in [0, 0.1) is 23.7 Å². The number of fused-ring (bicyclic) bond motifs is 1. The second-order valence-electron chi connectivity index (χ2n) is 11.1. The zero-order chi connectivity index (χ0) is 28.9. The van der Waals surface area contributed by atoms with Crippen LogP contribution in [0.4, 0.5) is 0 Å². The maximum Gasteiger partial charge on any atom is 0.335 e. The number of carbonyl (C=O) groups excluding carboxylic acids is 1. The van der Waals surface area contributed by atoms with Gasteiger partial charge in [0.05, 0.1) is 0 Å². The summed E-state index contributed by atoms with van der Waals surface area (Å²) in [5, 5.41) is 47.2. The molecule has 2 aromatic carbocycles. The van der Waals surface area contributed by atoms with Crippen molar-refractivity contribution in [3.8, 4) is 0 Å². The number of aliphatic hydroxyl groups is 3. The molecule has 1 saturated heterocycles. The molecule has 2 aromatic rings. The molecule has 0 bridgehead atoms. The molecule has 216 valence electrons. The van der Waals surface area contributed by atoms with Crippen LogP contribution in [-0.4, -0.2) is 80.1 Å². The molecule has 10 heteroatoms. The molecule has 0 spiro atoms. The van der Waals surface area contributed by atoms with Crippen LogP contribution in [-0.2, 0) is 26.5 Å². The van der Waals surface area contributed by atoms with E-state index < -0.39 is 29.7 Å². The van der Waals surface area contributed by atoms with Gasteiger partial charge in [-0.2, -0.15) is 0 Å². The first-order valence-electron chi connectivity index (χ1n) is 13.8. The Kier molecular flexibility index (Phi) is 9.57. The van der Waals surface area contributed by atoms with E-state index in [1.807, 2.05) is 30.3 Å². The minimum atomic E-state index is -2.27. The van der Waals surface area contributed by atoms with E-state index in [-0.39, 0.29) is 11.8 Å². The molecule has 40 heavy (non-hydrogen) atoms. The van der Waals surface area contributed by atoms with Crippen molar-refractivity contribution < 1.29 is 39.9 Å². The van der Waals surface area contributed by atoms with E-state index in [0.29, 0.717) is 24.3 Å². The van der Waals surface area contributed by atoms with Crippen molar-refractivity contribution >= 4 is 17.8 Å². The summed E-state index contributed by atoms with van der Waals surface area (Å²) in [6, 6.07) is 20.2. The lowest BCUT2D eigenvalue weighted by atomic mass is 9.79. The third kappa shape index (κ3) is 6.69. The number of likely N-dealkylation sites (tertiary alicyclic amines) is 1. The predicted octanol–water partition coefficient (Wildman–Crippen LogP) is 1.44. The van der Waals surface area contributed by atoms with Crippen LogP contribution in [0.25, 0.3) is 0 Å². The molecule has 1 unspecified atom stereocenters. The minimum absolute atomic E-state index is 0.0139. The fourth-order valence-corrected chi connectivity index (χ4v) is 6.21. The van der Waals surface area contributed by atoms with Gasteiger partial charge in [0.1, 0.15) is 0 Å². The Balaban J connectivity index is 0.000000318. The summed E-state index contributed by atoms with van der Waals surface area (Å²) >= 11 is 0. The highest BCUT2D eigenvalue weighted by atomic mass is 16.4. The highest BCUT2D eigenvalue weighted by molar-refractivity contribution is 5.87. The summed E-state index contributed by atoms with van der Waals surface area (Å²) in [5.41, 5.74) is 0.703. The van der Waals surface area contributed by atoms with Crippen LogP contribution < -0.4 is 5.32 Å². The molecular formula is C30H38N2O8. The van der Waals surface area contributed by atoms with Crippen molar-refractivity contribution in [2.75, 3.05) is 19.6 Å². The molecule has 1 aliphatic heterocycles. The molecule has 10 nitrogen and oxygen atoms in total. The second kappa shape index (κ2) is 12.9. The number of carbonyl (C=O) groups is 3. The zero-order valence-corrected chi connectivity index (χ0v) is 22.3. The molecule has 1 heterocycles. The van der Waals surface area contributed by atoms with Crippen LogP contribution in [0.2, 0.25) is 0 Å². The fourth-order valence-electron chi connectivity index (χ4n) is 6.21. The van der Waals surface area contributed by atoms with Gasteiger partial charge in [0.2, 0.25) is 0 Å². The first kappa shape index (κ1) is 29.7. The quantitative estimate of drug-likeness (QED) is 0.255. The number of carboxylic acids is 2. The van der Waals surface area contributed by atoms with Crippen molar-refractivity contribution in [2.24, 2.45) is 23.7 Å². The number of benzene rings is 2. The monoisotopic (exact) mass is 554 g/mol. The fraction of sp³-hybridized carbons (Fsp3) is 0.500. The Morgan fingerprint density at radius 3 is 1.85 bits per heavy atom. The number of amides is 1. The van der Waals surface area contributed by atoms with Gasteiger partial charge in [-0.25, -0.2) is 9.59 Å². The van der Waals surface area contributed by atoms with Gasteiger partial charge in [-0.05, 0) is 41.7 Å². The Hall–Kier alpha value is -3.31. The lowest BCUT2D eigenvalue weighted by Crippen LogP contribution is -2.49. The standard InChI is InChI=1S/C26H32N2O2.C4H6O6/c29-25(26(30,21-13-7-8-14-21)20-11-5-2-6-12-20)27-15-22-23-17-28(18-24(22)23)16-19-9-3-1-4-10-19;5-1(3(7)8)2(6)4(9)10/h1-6,9-12,21-24,30H,7-8,13-18H2,(H,27,29);1-2,5-6H,(H,7,8)(H,9,10)/t22?,23-,24+,26-;1-,2-/m01/s1. The SMILES string of the molecule is O=C(NCC1[C@H]2CN(Cc3ccccc3)C[C@@H]12)[C@](O)(c1ccccc1)C1CCCC1.O=C(O)[C@H](O)[C@@H](O)C(=O)O. The average Bonchev–Trinajstić information content (AvgIpc) is 3.32. The maximum absolute atomic E-state index is 13.2. The van der Waals surface area contributed by atoms with E-state index in [9.17, 15) is 19.5 Å². The topological polar surface area (TPSA) is 168 Å². The summed E-state index contributed by atoms with van der Waals surface area (Å²) in [5.74, 6) is -1.79. The molecule has 2 aliphatic carbocycles. The van der Waals surface area contributed by atoms with Gasteiger partial charge >= 0.3 is 11.9 Å². The number of carboxylic acid groups (broad SMARTS) is 2. The molecule has 3 fully saturated rings. The van der Waals surface area contributed by atoms with Gasteiger partial charge in [0, 0.05) is 32.1 Å². The summed E-state index contributed by atoms with van der Waals surface area (Å²) in [7, 11) is 0. The predicted molar refractivity (Wildman–Crippen MR) is 145 cm³/mol. The number of rotatable bonds is 10. The molecule has 0 aromatic heterocycles. The van der Waals surface area contributed by atoms with Crippen LogP contribution in [0.1, 0.15) is 36.8 Å². The normalized spacial score (nSPS) is 25.0. The molecule has 6 atom stereocenters. The first-order chi connectivity index (χ1) is 19.1. The summed E-state index contributed by atoms with van der Waals surface area (Å²) in [6.45, 7) is 3.94. The smallest absolute Gasteiger partial charge is 0.335 e. The summed E-state index contributed by atoms with van der Waals surface area (Å²) < 4.78 is 0. The van der Waals surface area contributed by atoms with Crippen LogP contribution in [0.3, 0.4) is 0 Å². The van der Waals surface area contributed by atoms with Gasteiger partial charge in [0.25, 0.3) is 5.91 Å². The number of nitrogens with zero attached hydrogens (tertiary/aromatic N) is 1. The van der Waals surface area contributed by atoms with E-state index in [1.54, 1.807) is 0 Å². The van der Waals surface area contributed by atoms with E-state index >= 15 is 0 Å². The lowest BCUT2D eigenvalue weighted by molar-refractivity contribution is -0.165. The average molecular weight is 555 g/mol. The van der Waals surface area contributed by atoms with Crippen molar-refractivity contribution in [1.82, 2.24) is 10.2 Å². The van der Waals surface area contributed by atoms with Crippen LogP contribution in [0.15, 0.2) is 60.7 Å². The molecule has 3 aliphatic rings. The van der Waals surface area contributed by atoms with E-state index in [0.717, 1.165) is 50.9 Å². The van der Waals surface area contributed by atoms with Crippen molar-refractivity contribution in [3.05, 3.63) is 71.8 Å². The van der Waals surface area contributed by atoms with E-state index in [4.69, 9.17) is 20.4 Å². The highest BCUT2D eigenvalue weighted by Gasteiger charge is 2.55. The number of piperidine rings is 1. The minimum Gasteiger partial charge on any atom is -0.479 e. The number of nitrogens with one attached hydrogen (secondary N) is 1. The molecule has 6 N–H and O–H groups in total. The molecule has 5 rings (SSSR count). The number of aliphatic carboxylic acids is 2. The second-order valence-corrected chi connectivity index (χ2v) is 11.1. The Morgan fingerprint density at radius 2 is 1.35 bits per heavy atom. The van der Waals surface area contributed by atoms with E-state index in [2.05, 4.69) is 40.5 Å². The number of hydrogen-bond donors (Lipinski definition) is 6. The third-order valence-electron chi connectivity index (χ3n) is 8.51. The Morgan fingerprint density at radius 1 is 0.850 bits per heavy atom. The van der Waals surface area contributed by atoms with Crippen molar-refractivity contribution in [2.45, 2.75) is 50.0 Å². The lowest BCUT2D eigenvalue weighted by Gasteiger charge is -2.33. The Labute approximate surface area is 233 Å². The Bertz CT molecular complexity index is 1130. The molecule has 1 amide bonds. The third-order valence-corrected chi connectivity index (χ3v) is 8.51. The van der Waals surface area contributed by atoms with Gasteiger partial charge < -0.3 is 30.8 Å². The van der Waals surface area contributed by atoms with Crippen molar-refractivity contribution in [1.29, 1.82) is 0 Å². The molecular weight excluding hydrogens is 516 g/mol. The molecule has 0 radical (unpaired) electrons. The van der Waals surface area contributed by atoms with Crippen LogP contribution in [0.5, 0.6) is 0 Å². The summed E-state index contributed by atoms with van der Waals surface area (Å²) in [4.78, 5) is 35.3. The number of hydrogen-bond acceptors (Lipinski definition) is 7. The van der Waals surface area contributed by atoms with E-state index in [1.165, 1.54) is 5.56 Å². The summed E-state index contributed by atoms with van der Waals surface area (Å²) in [6.07, 6.45) is -0.507. The maximum atomic E-state index is 13.2. The van der Waals surface area contributed by atoms with Gasteiger partial charge in [0.15, 0.2) is 17.8 Å². The van der Waals surface area contributed by atoms with Crippen LogP contribution >= 0.6 is 0 Å². The highest BCUT2D eigenvalue weighted by Crippen LogP contribution is 2.51. The van der Waals surface area contributed by atoms with Crippen molar-refractivity contribution in [3.63, 3.8) is 0 Å². The van der Waals surface area contributed by atoms with Gasteiger partial charge in [-0.1, -0.05) is 73.5 Å². The largest absolute Gasteiger partial charge is 0.479 e. The molecule has 2 saturated carbocycles. The van der Waals surface area contributed by atoms with Gasteiger partial charge in [-0.3, -0.25) is 9.69 Å². The van der Waals surface area contributed by atoms with Gasteiger partial charge in [-0.15, -0.1) is 0 Å². The first-order valence-corrected chi connectivity index (χ1v) is 13.8.